The summed E-state index contributed by atoms with van der Waals surface area (Å²) in [5.74, 6) is 0. The molecule has 0 unspecified atom stereocenters. The molecule has 0 bridgehead atoms. The summed E-state index contributed by atoms with van der Waals surface area (Å²) in [5.41, 5.74) is 1.90. The van der Waals surface area contributed by atoms with E-state index >= 15 is 0 Å². The molecule has 118 valence electrons. The zero-order valence-electron chi connectivity index (χ0n) is 13.8. The first-order valence-corrected chi connectivity index (χ1v) is 7.81. The number of rotatable bonds is 5. The van der Waals surface area contributed by atoms with Gasteiger partial charge in [-0.05, 0) is 38.3 Å². The van der Waals surface area contributed by atoms with E-state index in [0.29, 0.717) is 17.8 Å². The lowest BCUT2D eigenvalue weighted by molar-refractivity contribution is 0.0761. The summed E-state index contributed by atoms with van der Waals surface area (Å²) in [6.45, 7) is 7.92. The van der Waals surface area contributed by atoms with Gasteiger partial charge in [0.2, 0.25) is 0 Å². The van der Waals surface area contributed by atoms with Crippen molar-refractivity contribution in [3.05, 3.63) is 51.8 Å². The SMILES string of the molecule is CCCn1nc(-c2ccc(CC)cc2)cc(C(C)(C)O)c1=O. The minimum atomic E-state index is -1.19. The highest BCUT2D eigenvalue weighted by molar-refractivity contribution is 5.59. The Hall–Kier alpha value is -1.94. The van der Waals surface area contributed by atoms with E-state index in [-0.39, 0.29) is 5.56 Å². The molecule has 4 nitrogen and oxygen atoms in total. The van der Waals surface area contributed by atoms with Crippen LogP contribution in [0.1, 0.15) is 45.2 Å². The molecule has 22 heavy (non-hydrogen) atoms. The highest BCUT2D eigenvalue weighted by Gasteiger charge is 2.23. The molecule has 0 amide bonds. The highest BCUT2D eigenvalue weighted by Crippen LogP contribution is 2.22. The Morgan fingerprint density at radius 3 is 2.32 bits per heavy atom. The van der Waals surface area contributed by atoms with Crippen LogP contribution in [0.25, 0.3) is 11.3 Å². The Morgan fingerprint density at radius 2 is 1.82 bits per heavy atom. The summed E-state index contributed by atoms with van der Waals surface area (Å²) in [6.07, 6.45) is 1.80. The molecule has 0 spiro atoms. The predicted octanol–water partition coefficient (Wildman–Crippen LogP) is 3.11. The van der Waals surface area contributed by atoms with Crippen LogP contribution in [0, 0.1) is 0 Å². The summed E-state index contributed by atoms with van der Waals surface area (Å²) in [5, 5.41) is 14.7. The molecule has 0 aliphatic heterocycles. The molecule has 4 heteroatoms. The van der Waals surface area contributed by atoms with Gasteiger partial charge < -0.3 is 5.11 Å². The van der Waals surface area contributed by atoms with Crippen LogP contribution in [0.4, 0.5) is 0 Å². The lowest BCUT2D eigenvalue weighted by atomic mass is 9.98. The van der Waals surface area contributed by atoms with Crippen LogP contribution in [-0.2, 0) is 18.6 Å². The van der Waals surface area contributed by atoms with Crippen LogP contribution in [0.2, 0.25) is 0 Å². The second kappa shape index (κ2) is 6.44. The van der Waals surface area contributed by atoms with Gasteiger partial charge in [-0.2, -0.15) is 5.10 Å². The minimum absolute atomic E-state index is 0.219. The van der Waals surface area contributed by atoms with E-state index in [4.69, 9.17) is 0 Å². The molecule has 0 aliphatic carbocycles. The quantitative estimate of drug-likeness (QED) is 0.923. The average molecular weight is 300 g/mol. The lowest BCUT2D eigenvalue weighted by Gasteiger charge is -2.19. The third kappa shape index (κ3) is 3.45. The molecule has 0 saturated heterocycles. The maximum absolute atomic E-state index is 12.4. The van der Waals surface area contributed by atoms with Crippen LogP contribution in [0.5, 0.6) is 0 Å². The van der Waals surface area contributed by atoms with Crippen LogP contribution >= 0.6 is 0 Å². The average Bonchev–Trinajstić information content (AvgIpc) is 2.48. The summed E-state index contributed by atoms with van der Waals surface area (Å²) < 4.78 is 1.45. The molecule has 2 aromatic rings. The summed E-state index contributed by atoms with van der Waals surface area (Å²) in [4.78, 5) is 12.4. The van der Waals surface area contributed by atoms with Crippen molar-refractivity contribution in [1.82, 2.24) is 9.78 Å². The monoisotopic (exact) mass is 300 g/mol. The van der Waals surface area contributed by atoms with Crippen molar-refractivity contribution in [3.8, 4) is 11.3 Å². The molecule has 1 N–H and O–H groups in total. The Balaban J connectivity index is 2.59. The molecule has 0 saturated carbocycles. The summed E-state index contributed by atoms with van der Waals surface area (Å²) in [7, 11) is 0. The van der Waals surface area contributed by atoms with Gasteiger partial charge in [-0.15, -0.1) is 0 Å². The normalized spacial score (nSPS) is 11.7. The van der Waals surface area contributed by atoms with Gasteiger partial charge in [0.1, 0.15) is 0 Å². The zero-order valence-corrected chi connectivity index (χ0v) is 13.8. The van der Waals surface area contributed by atoms with Gasteiger partial charge in [0.25, 0.3) is 5.56 Å². The molecule has 0 radical (unpaired) electrons. The fourth-order valence-electron chi connectivity index (χ4n) is 2.40. The van der Waals surface area contributed by atoms with Crippen LogP contribution < -0.4 is 5.56 Å². The van der Waals surface area contributed by atoms with Crippen LogP contribution in [0.3, 0.4) is 0 Å². The summed E-state index contributed by atoms with van der Waals surface area (Å²) >= 11 is 0. The zero-order chi connectivity index (χ0) is 16.3. The fourth-order valence-corrected chi connectivity index (χ4v) is 2.40. The fraction of sp³-hybridized carbons (Fsp3) is 0.444. The van der Waals surface area contributed by atoms with Crippen molar-refractivity contribution >= 4 is 0 Å². The Morgan fingerprint density at radius 1 is 1.18 bits per heavy atom. The molecule has 1 aromatic heterocycles. The van der Waals surface area contributed by atoms with E-state index in [1.54, 1.807) is 19.9 Å². The van der Waals surface area contributed by atoms with Gasteiger partial charge in [0.05, 0.1) is 16.9 Å². The number of aryl methyl sites for hydroxylation is 2. The van der Waals surface area contributed by atoms with E-state index in [9.17, 15) is 9.90 Å². The van der Waals surface area contributed by atoms with Crippen molar-refractivity contribution in [2.45, 2.75) is 52.7 Å². The largest absolute Gasteiger partial charge is 0.386 e. The van der Waals surface area contributed by atoms with Gasteiger partial charge in [-0.3, -0.25) is 4.79 Å². The first-order valence-electron chi connectivity index (χ1n) is 7.81. The molecular formula is C18H24N2O2. The van der Waals surface area contributed by atoms with Gasteiger partial charge in [0, 0.05) is 12.1 Å². The number of aliphatic hydroxyl groups is 1. The maximum Gasteiger partial charge on any atom is 0.272 e. The van der Waals surface area contributed by atoms with E-state index in [2.05, 4.69) is 24.2 Å². The molecule has 0 fully saturated rings. The van der Waals surface area contributed by atoms with Crippen molar-refractivity contribution < 1.29 is 5.11 Å². The molecule has 2 rings (SSSR count). The van der Waals surface area contributed by atoms with Gasteiger partial charge >= 0.3 is 0 Å². The number of aromatic nitrogens is 2. The first-order chi connectivity index (χ1) is 10.4. The third-order valence-electron chi connectivity index (χ3n) is 3.73. The van der Waals surface area contributed by atoms with Crippen molar-refractivity contribution in [2.75, 3.05) is 0 Å². The van der Waals surface area contributed by atoms with E-state index in [1.165, 1.54) is 10.2 Å². The van der Waals surface area contributed by atoms with Crippen molar-refractivity contribution in [3.63, 3.8) is 0 Å². The van der Waals surface area contributed by atoms with Crippen molar-refractivity contribution in [2.24, 2.45) is 0 Å². The smallest absolute Gasteiger partial charge is 0.272 e. The highest BCUT2D eigenvalue weighted by atomic mass is 16.3. The number of hydrogen-bond donors (Lipinski definition) is 1. The van der Waals surface area contributed by atoms with Crippen LogP contribution in [-0.4, -0.2) is 14.9 Å². The predicted molar refractivity (Wildman–Crippen MR) is 88.8 cm³/mol. The van der Waals surface area contributed by atoms with E-state index in [0.717, 1.165) is 18.4 Å². The Kier molecular flexibility index (Phi) is 4.81. The maximum atomic E-state index is 12.4. The third-order valence-corrected chi connectivity index (χ3v) is 3.73. The number of nitrogens with zero attached hydrogens (tertiary/aromatic N) is 2. The van der Waals surface area contributed by atoms with Gasteiger partial charge in [-0.25, -0.2) is 4.68 Å². The topological polar surface area (TPSA) is 55.1 Å². The van der Waals surface area contributed by atoms with E-state index in [1.807, 2.05) is 19.1 Å². The van der Waals surface area contributed by atoms with Gasteiger partial charge in [-0.1, -0.05) is 38.1 Å². The second-order valence-electron chi connectivity index (χ2n) is 6.08. The van der Waals surface area contributed by atoms with Crippen molar-refractivity contribution in [1.29, 1.82) is 0 Å². The van der Waals surface area contributed by atoms with E-state index < -0.39 is 5.60 Å². The minimum Gasteiger partial charge on any atom is -0.386 e. The van der Waals surface area contributed by atoms with Gasteiger partial charge in [0.15, 0.2) is 0 Å². The lowest BCUT2D eigenvalue weighted by Crippen LogP contribution is -2.33. The molecule has 0 aliphatic rings. The first kappa shape index (κ1) is 16.4. The Labute approximate surface area is 131 Å². The second-order valence-corrected chi connectivity index (χ2v) is 6.08. The standard InChI is InChI=1S/C18H24N2O2/c1-5-11-20-17(21)15(18(3,4)22)12-16(19-20)14-9-7-13(6-2)8-10-14/h7-10,12,22H,5-6,11H2,1-4H3. The Bertz CT molecular complexity index is 695. The molecule has 1 heterocycles. The molecule has 1 aromatic carbocycles. The summed E-state index contributed by atoms with van der Waals surface area (Å²) in [6, 6.07) is 9.85. The van der Waals surface area contributed by atoms with Crippen LogP contribution in [0.15, 0.2) is 35.1 Å². The number of benzene rings is 1. The number of hydrogen-bond acceptors (Lipinski definition) is 3. The molecular weight excluding hydrogens is 276 g/mol. The molecule has 0 atom stereocenters.